The molecule has 2 aromatic carbocycles. The molecule has 25 heavy (non-hydrogen) atoms. The molecule has 0 radical (unpaired) electrons. The Morgan fingerprint density at radius 3 is 2.52 bits per heavy atom. The van der Waals surface area contributed by atoms with E-state index in [-0.39, 0.29) is 6.04 Å². The lowest BCUT2D eigenvalue weighted by atomic mass is 10.0. The minimum atomic E-state index is -0.605. The van der Waals surface area contributed by atoms with Gasteiger partial charge in [0.2, 0.25) is 0 Å². The molecule has 1 saturated heterocycles. The zero-order valence-corrected chi connectivity index (χ0v) is 14.3. The van der Waals surface area contributed by atoms with E-state index in [1.807, 2.05) is 37.3 Å². The molecule has 1 N–H and O–H groups in total. The van der Waals surface area contributed by atoms with E-state index in [1.54, 1.807) is 29.2 Å². The smallest absolute Gasteiger partial charge is 0.313 e. The second-order valence-corrected chi connectivity index (χ2v) is 5.98. The minimum absolute atomic E-state index is 0.0280. The largest absolute Gasteiger partial charge is 0.494 e. The van der Waals surface area contributed by atoms with E-state index in [9.17, 15) is 9.59 Å². The van der Waals surface area contributed by atoms with E-state index >= 15 is 0 Å². The van der Waals surface area contributed by atoms with Gasteiger partial charge in [-0.25, -0.2) is 0 Å². The number of hydrogen-bond acceptors (Lipinski definition) is 3. The summed E-state index contributed by atoms with van der Waals surface area (Å²) in [5.74, 6) is -0.359. The third-order valence-corrected chi connectivity index (χ3v) is 4.32. The summed E-state index contributed by atoms with van der Waals surface area (Å²) in [6.07, 6.45) is 1.79. The number of likely N-dealkylation sites (tertiary alicyclic amines) is 1. The first-order valence-electron chi connectivity index (χ1n) is 8.59. The molecule has 3 rings (SSSR count). The number of nitrogens with one attached hydrogen (secondary N) is 1. The summed E-state index contributed by atoms with van der Waals surface area (Å²) in [6, 6.07) is 16.8. The van der Waals surface area contributed by atoms with Crippen LogP contribution in [0.4, 0.5) is 5.69 Å². The predicted molar refractivity (Wildman–Crippen MR) is 96.4 cm³/mol. The van der Waals surface area contributed by atoms with Crippen molar-refractivity contribution in [2.75, 3.05) is 18.5 Å². The van der Waals surface area contributed by atoms with Gasteiger partial charge >= 0.3 is 11.8 Å². The first-order valence-corrected chi connectivity index (χ1v) is 8.59. The number of nitrogens with zero attached hydrogens (tertiary/aromatic N) is 1. The summed E-state index contributed by atoms with van der Waals surface area (Å²) in [5, 5.41) is 2.67. The average Bonchev–Trinajstić information content (AvgIpc) is 3.13. The molecule has 0 aliphatic carbocycles. The van der Waals surface area contributed by atoms with Crippen LogP contribution in [0.15, 0.2) is 54.6 Å². The van der Waals surface area contributed by atoms with Crippen LogP contribution in [0, 0.1) is 0 Å². The molecule has 0 bridgehead atoms. The fourth-order valence-corrected chi connectivity index (χ4v) is 3.15. The zero-order valence-electron chi connectivity index (χ0n) is 14.3. The summed E-state index contributed by atoms with van der Waals surface area (Å²) in [7, 11) is 0. The second-order valence-electron chi connectivity index (χ2n) is 5.98. The van der Waals surface area contributed by atoms with Crippen molar-refractivity contribution >= 4 is 17.5 Å². The summed E-state index contributed by atoms with van der Waals surface area (Å²) in [5.41, 5.74) is 1.65. The van der Waals surface area contributed by atoms with Crippen LogP contribution in [-0.4, -0.2) is 29.9 Å². The maximum absolute atomic E-state index is 12.6. The van der Waals surface area contributed by atoms with Crippen molar-refractivity contribution < 1.29 is 14.3 Å². The van der Waals surface area contributed by atoms with E-state index < -0.39 is 11.8 Å². The van der Waals surface area contributed by atoms with Crippen molar-refractivity contribution in [2.24, 2.45) is 0 Å². The van der Waals surface area contributed by atoms with Gasteiger partial charge in [0, 0.05) is 12.2 Å². The van der Waals surface area contributed by atoms with Crippen LogP contribution >= 0.6 is 0 Å². The topological polar surface area (TPSA) is 58.6 Å². The molecule has 1 atom stereocenters. The molecule has 2 aromatic rings. The normalized spacial score (nSPS) is 16.5. The molecule has 2 amide bonds. The number of carbonyl (C=O) groups is 2. The number of hydrogen-bond donors (Lipinski definition) is 1. The minimum Gasteiger partial charge on any atom is -0.494 e. The lowest BCUT2D eigenvalue weighted by molar-refractivity contribution is -0.143. The summed E-state index contributed by atoms with van der Waals surface area (Å²) in [4.78, 5) is 26.6. The molecule has 1 unspecified atom stereocenters. The Bertz CT molecular complexity index is 728. The van der Waals surface area contributed by atoms with Crippen molar-refractivity contribution in [3.8, 4) is 5.75 Å². The van der Waals surface area contributed by atoms with E-state index in [4.69, 9.17) is 4.74 Å². The molecule has 0 saturated carbocycles. The van der Waals surface area contributed by atoms with Gasteiger partial charge in [0.05, 0.1) is 12.6 Å². The highest BCUT2D eigenvalue weighted by atomic mass is 16.5. The van der Waals surface area contributed by atoms with Crippen molar-refractivity contribution in [1.29, 1.82) is 0 Å². The number of amides is 2. The van der Waals surface area contributed by atoms with Gasteiger partial charge in [-0.1, -0.05) is 30.3 Å². The van der Waals surface area contributed by atoms with Crippen molar-refractivity contribution in [1.82, 2.24) is 4.90 Å². The average molecular weight is 338 g/mol. The number of rotatable bonds is 4. The highest BCUT2D eigenvalue weighted by Gasteiger charge is 2.33. The van der Waals surface area contributed by atoms with Crippen LogP contribution in [0.25, 0.3) is 0 Å². The van der Waals surface area contributed by atoms with Gasteiger partial charge in [0.15, 0.2) is 0 Å². The van der Waals surface area contributed by atoms with Crippen LogP contribution in [0.2, 0.25) is 0 Å². The number of carbonyl (C=O) groups excluding carboxylic acids is 2. The third kappa shape index (κ3) is 3.99. The van der Waals surface area contributed by atoms with Crippen molar-refractivity contribution in [2.45, 2.75) is 25.8 Å². The van der Waals surface area contributed by atoms with E-state index in [0.717, 1.165) is 24.2 Å². The van der Waals surface area contributed by atoms with Crippen molar-refractivity contribution in [3.63, 3.8) is 0 Å². The maximum atomic E-state index is 12.6. The van der Waals surface area contributed by atoms with Crippen LogP contribution in [-0.2, 0) is 9.59 Å². The molecule has 130 valence electrons. The van der Waals surface area contributed by atoms with Gasteiger partial charge < -0.3 is 15.0 Å². The lowest BCUT2D eigenvalue weighted by Gasteiger charge is -2.24. The van der Waals surface area contributed by atoms with Crippen LogP contribution in [0.3, 0.4) is 0 Å². The Morgan fingerprint density at radius 2 is 1.84 bits per heavy atom. The Morgan fingerprint density at radius 1 is 1.12 bits per heavy atom. The summed E-state index contributed by atoms with van der Waals surface area (Å²) >= 11 is 0. The van der Waals surface area contributed by atoms with E-state index in [0.29, 0.717) is 18.8 Å². The van der Waals surface area contributed by atoms with Gasteiger partial charge in [-0.2, -0.15) is 0 Å². The van der Waals surface area contributed by atoms with Crippen LogP contribution in [0.1, 0.15) is 31.4 Å². The molecular weight excluding hydrogens is 316 g/mol. The lowest BCUT2D eigenvalue weighted by Crippen LogP contribution is -2.39. The highest BCUT2D eigenvalue weighted by molar-refractivity contribution is 6.39. The van der Waals surface area contributed by atoms with Crippen molar-refractivity contribution in [3.05, 3.63) is 60.2 Å². The summed E-state index contributed by atoms with van der Waals surface area (Å²) in [6.45, 7) is 3.10. The van der Waals surface area contributed by atoms with E-state index in [1.165, 1.54) is 0 Å². The van der Waals surface area contributed by atoms with Gasteiger partial charge in [-0.3, -0.25) is 9.59 Å². The van der Waals surface area contributed by atoms with Gasteiger partial charge in [-0.05, 0) is 49.6 Å². The van der Waals surface area contributed by atoms with Gasteiger partial charge in [0.25, 0.3) is 0 Å². The molecule has 0 aromatic heterocycles. The quantitative estimate of drug-likeness (QED) is 0.870. The Balaban J connectivity index is 1.66. The van der Waals surface area contributed by atoms with Crippen LogP contribution in [0.5, 0.6) is 5.75 Å². The summed E-state index contributed by atoms with van der Waals surface area (Å²) < 4.78 is 5.37. The molecule has 0 spiro atoms. The van der Waals surface area contributed by atoms with Gasteiger partial charge in [0.1, 0.15) is 5.75 Å². The second kappa shape index (κ2) is 7.83. The fraction of sp³-hybridized carbons (Fsp3) is 0.300. The molecule has 1 heterocycles. The Kier molecular flexibility index (Phi) is 5.33. The zero-order chi connectivity index (χ0) is 17.6. The number of ether oxygens (including phenoxy) is 1. The molecular formula is C20H22N2O3. The molecule has 1 aliphatic rings. The molecule has 5 heteroatoms. The Labute approximate surface area is 147 Å². The highest BCUT2D eigenvalue weighted by Crippen LogP contribution is 2.31. The number of benzene rings is 2. The predicted octanol–water partition coefficient (Wildman–Crippen LogP) is 3.39. The monoisotopic (exact) mass is 338 g/mol. The van der Waals surface area contributed by atoms with E-state index in [2.05, 4.69) is 5.32 Å². The SMILES string of the molecule is CCOc1ccc(NC(=O)C(=O)N2CCCC2c2ccccc2)cc1. The third-order valence-electron chi connectivity index (χ3n) is 4.32. The standard InChI is InChI=1S/C20H22N2O3/c1-2-25-17-12-10-16(11-13-17)21-19(23)20(24)22-14-6-9-18(22)15-7-4-3-5-8-15/h3-5,7-8,10-13,18H,2,6,9,14H2,1H3,(H,21,23). The Hall–Kier alpha value is -2.82. The first kappa shape index (κ1) is 17.0. The molecule has 1 aliphatic heterocycles. The first-order chi connectivity index (χ1) is 12.2. The fourth-order valence-electron chi connectivity index (χ4n) is 3.15. The molecule has 1 fully saturated rings. The maximum Gasteiger partial charge on any atom is 0.313 e. The molecule has 5 nitrogen and oxygen atoms in total. The van der Waals surface area contributed by atoms with Crippen LogP contribution < -0.4 is 10.1 Å². The number of anilines is 1. The van der Waals surface area contributed by atoms with Gasteiger partial charge in [-0.15, -0.1) is 0 Å².